The minimum Gasteiger partial charge on any atom is -0.466 e. The SMILES string of the molecule is CCOC(=O)CC(=O)c1cc(F)c(=O)[nH]c1Nc1ccc(F)cc1. The number of ether oxygens (including phenoxy) is 1. The minimum absolute atomic E-state index is 0.0951. The molecule has 6 nitrogen and oxygen atoms in total. The van der Waals surface area contributed by atoms with Crippen LogP contribution in [0.25, 0.3) is 0 Å². The van der Waals surface area contributed by atoms with Crippen LogP contribution < -0.4 is 10.9 Å². The second-order valence-electron chi connectivity index (χ2n) is 4.77. The van der Waals surface area contributed by atoms with Gasteiger partial charge in [0.15, 0.2) is 11.6 Å². The highest BCUT2D eigenvalue weighted by Crippen LogP contribution is 2.20. The molecule has 1 aromatic carbocycles. The molecule has 2 aromatic rings. The van der Waals surface area contributed by atoms with Crippen molar-refractivity contribution in [1.82, 2.24) is 4.98 Å². The number of pyridine rings is 1. The highest BCUT2D eigenvalue weighted by molar-refractivity contribution is 6.08. The van der Waals surface area contributed by atoms with Crippen LogP contribution in [0.1, 0.15) is 23.7 Å². The van der Waals surface area contributed by atoms with Crippen LogP contribution in [0.15, 0.2) is 35.1 Å². The molecule has 1 heterocycles. The fourth-order valence-electron chi connectivity index (χ4n) is 1.94. The maximum atomic E-state index is 13.5. The van der Waals surface area contributed by atoms with E-state index in [1.54, 1.807) is 6.92 Å². The van der Waals surface area contributed by atoms with Gasteiger partial charge in [0.25, 0.3) is 5.56 Å². The smallest absolute Gasteiger partial charge is 0.313 e. The van der Waals surface area contributed by atoms with Gasteiger partial charge >= 0.3 is 5.97 Å². The van der Waals surface area contributed by atoms with Crippen LogP contribution in [0.5, 0.6) is 0 Å². The number of aromatic amines is 1. The summed E-state index contributed by atoms with van der Waals surface area (Å²) in [4.78, 5) is 37.2. The number of carbonyl (C=O) groups is 2. The molecule has 0 spiro atoms. The number of ketones is 1. The molecule has 0 radical (unpaired) electrons. The van der Waals surface area contributed by atoms with E-state index in [1.807, 2.05) is 0 Å². The van der Waals surface area contributed by atoms with Crippen molar-refractivity contribution in [2.75, 3.05) is 11.9 Å². The first-order chi connectivity index (χ1) is 11.4. The van der Waals surface area contributed by atoms with Gasteiger partial charge in [0.1, 0.15) is 18.1 Å². The Morgan fingerprint density at radius 1 is 1.21 bits per heavy atom. The monoisotopic (exact) mass is 336 g/mol. The zero-order chi connectivity index (χ0) is 17.7. The standard InChI is InChI=1S/C16H14F2N2O4/c1-2-24-14(22)8-13(21)11-7-12(18)16(23)20-15(11)19-10-5-3-9(17)4-6-10/h3-7H,2,8H2,1H3,(H2,19,20,23). The number of carbonyl (C=O) groups excluding carboxylic acids is 2. The van der Waals surface area contributed by atoms with Crippen molar-refractivity contribution in [2.45, 2.75) is 13.3 Å². The third-order valence-corrected chi connectivity index (χ3v) is 3.02. The number of hydrogen-bond acceptors (Lipinski definition) is 5. The number of benzene rings is 1. The molecule has 0 amide bonds. The first-order valence-electron chi connectivity index (χ1n) is 7.05. The lowest BCUT2D eigenvalue weighted by Crippen LogP contribution is -2.19. The van der Waals surface area contributed by atoms with E-state index in [9.17, 15) is 23.2 Å². The van der Waals surface area contributed by atoms with Crippen LogP contribution in [0.3, 0.4) is 0 Å². The molecule has 24 heavy (non-hydrogen) atoms. The molecule has 0 aliphatic rings. The summed E-state index contributed by atoms with van der Waals surface area (Å²) in [6, 6.07) is 5.83. The van der Waals surface area contributed by atoms with E-state index >= 15 is 0 Å². The average molecular weight is 336 g/mol. The Morgan fingerprint density at radius 3 is 2.50 bits per heavy atom. The number of Topliss-reactive ketones (excluding diaryl/α,β-unsaturated/α-hetero) is 1. The van der Waals surface area contributed by atoms with Crippen molar-refractivity contribution in [2.24, 2.45) is 0 Å². The summed E-state index contributed by atoms with van der Waals surface area (Å²) >= 11 is 0. The molecule has 0 aliphatic heterocycles. The van der Waals surface area contributed by atoms with Gasteiger partial charge in [-0.1, -0.05) is 0 Å². The van der Waals surface area contributed by atoms with Gasteiger partial charge < -0.3 is 15.0 Å². The summed E-state index contributed by atoms with van der Waals surface area (Å²) in [5.41, 5.74) is -0.888. The predicted octanol–water partition coefficient (Wildman–Crippen LogP) is 2.53. The van der Waals surface area contributed by atoms with Crippen LogP contribution in [0.4, 0.5) is 20.3 Å². The van der Waals surface area contributed by atoms with Crippen molar-refractivity contribution in [1.29, 1.82) is 0 Å². The van der Waals surface area contributed by atoms with Crippen molar-refractivity contribution in [3.63, 3.8) is 0 Å². The van der Waals surface area contributed by atoms with Gasteiger partial charge in [0, 0.05) is 5.69 Å². The second-order valence-corrected chi connectivity index (χ2v) is 4.77. The highest BCUT2D eigenvalue weighted by Gasteiger charge is 2.19. The number of esters is 1. The van der Waals surface area contributed by atoms with Crippen LogP contribution in [0.2, 0.25) is 0 Å². The summed E-state index contributed by atoms with van der Waals surface area (Å²) in [6.45, 7) is 1.69. The molecule has 126 valence electrons. The number of nitrogens with one attached hydrogen (secondary N) is 2. The number of halogens is 2. The molecule has 1 aromatic heterocycles. The number of anilines is 2. The minimum atomic E-state index is -1.16. The summed E-state index contributed by atoms with van der Waals surface area (Å²) in [5, 5.41) is 2.69. The number of aromatic nitrogens is 1. The Kier molecular flexibility index (Phi) is 5.41. The molecule has 8 heteroatoms. The fraction of sp³-hybridized carbons (Fsp3) is 0.188. The van der Waals surface area contributed by atoms with Gasteiger partial charge in [-0.2, -0.15) is 0 Å². The van der Waals surface area contributed by atoms with Gasteiger partial charge in [-0.25, -0.2) is 8.78 Å². The molecule has 0 aliphatic carbocycles. The highest BCUT2D eigenvalue weighted by atomic mass is 19.1. The van der Waals surface area contributed by atoms with Gasteiger partial charge in [-0.05, 0) is 37.3 Å². The topological polar surface area (TPSA) is 88.3 Å². The molecular formula is C16H14F2N2O4. The fourth-order valence-corrected chi connectivity index (χ4v) is 1.94. The quantitative estimate of drug-likeness (QED) is 0.481. The largest absolute Gasteiger partial charge is 0.466 e. The third kappa shape index (κ3) is 4.25. The summed E-state index contributed by atoms with van der Waals surface area (Å²) in [5.74, 6) is -3.21. The lowest BCUT2D eigenvalue weighted by Gasteiger charge is -2.11. The zero-order valence-corrected chi connectivity index (χ0v) is 12.7. The Morgan fingerprint density at radius 2 is 1.88 bits per heavy atom. The Labute approximate surface area is 135 Å². The number of hydrogen-bond donors (Lipinski definition) is 2. The van der Waals surface area contributed by atoms with Gasteiger partial charge in [0.2, 0.25) is 0 Å². The maximum absolute atomic E-state index is 13.5. The van der Waals surface area contributed by atoms with Crippen molar-refractivity contribution < 1.29 is 23.1 Å². The van der Waals surface area contributed by atoms with Crippen molar-refractivity contribution >= 4 is 23.3 Å². The molecule has 0 unspecified atom stereocenters. The van der Waals surface area contributed by atoms with E-state index in [1.165, 1.54) is 24.3 Å². The summed E-state index contributed by atoms with van der Waals surface area (Å²) in [6.07, 6.45) is -0.600. The third-order valence-electron chi connectivity index (χ3n) is 3.02. The van der Waals surface area contributed by atoms with E-state index in [4.69, 9.17) is 0 Å². The van der Waals surface area contributed by atoms with E-state index in [2.05, 4.69) is 15.0 Å². The molecular weight excluding hydrogens is 322 g/mol. The first-order valence-corrected chi connectivity index (χ1v) is 7.05. The average Bonchev–Trinajstić information content (AvgIpc) is 2.53. The van der Waals surface area contributed by atoms with Crippen LogP contribution in [0, 0.1) is 11.6 Å². The zero-order valence-electron chi connectivity index (χ0n) is 12.7. The van der Waals surface area contributed by atoms with Crippen molar-refractivity contribution in [3.05, 3.63) is 57.9 Å². The van der Waals surface area contributed by atoms with Gasteiger partial charge in [-0.15, -0.1) is 0 Å². The molecule has 2 N–H and O–H groups in total. The molecule has 0 saturated heterocycles. The Bertz CT molecular complexity index is 816. The second kappa shape index (κ2) is 7.49. The lowest BCUT2D eigenvalue weighted by atomic mass is 10.1. The molecule has 0 fully saturated rings. The van der Waals surface area contributed by atoms with E-state index in [0.717, 1.165) is 6.07 Å². The number of rotatable bonds is 6. The van der Waals surface area contributed by atoms with Crippen LogP contribution >= 0.6 is 0 Å². The van der Waals surface area contributed by atoms with E-state index in [0.29, 0.717) is 5.69 Å². The Balaban J connectivity index is 2.34. The van der Waals surface area contributed by atoms with Crippen LogP contribution in [-0.2, 0) is 9.53 Å². The van der Waals surface area contributed by atoms with Gasteiger partial charge in [-0.3, -0.25) is 14.4 Å². The van der Waals surface area contributed by atoms with Gasteiger partial charge in [0.05, 0.1) is 12.2 Å². The summed E-state index contributed by atoms with van der Waals surface area (Å²) < 4.78 is 31.1. The molecule has 0 atom stereocenters. The Hall–Kier alpha value is -3.03. The lowest BCUT2D eigenvalue weighted by molar-refractivity contribution is -0.141. The van der Waals surface area contributed by atoms with Crippen molar-refractivity contribution in [3.8, 4) is 0 Å². The first kappa shape index (κ1) is 17.3. The summed E-state index contributed by atoms with van der Waals surface area (Å²) in [7, 11) is 0. The predicted molar refractivity (Wildman–Crippen MR) is 82.3 cm³/mol. The molecule has 2 rings (SSSR count). The molecule has 0 saturated carbocycles. The van der Waals surface area contributed by atoms with Crippen LogP contribution in [-0.4, -0.2) is 23.3 Å². The normalized spacial score (nSPS) is 10.3. The van der Waals surface area contributed by atoms with E-state index in [-0.39, 0.29) is 18.0 Å². The van der Waals surface area contributed by atoms with E-state index < -0.39 is 35.4 Å². The maximum Gasteiger partial charge on any atom is 0.313 e. The molecule has 0 bridgehead atoms. The number of H-pyrrole nitrogens is 1.